The van der Waals surface area contributed by atoms with Gasteiger partial charge < -0.3 is 24.8 Å². The molecule has 4 atom stereocenters. The normalized spacial score (nSPS) is 44.7. The third-order valence-corrected chi connectivity index (χ3v) is 1.73. The molecule has 0 aromatic rings. The summed E-state index contributed by atoms with van der Waals surface area (Å²) in [5, 5.41) is 26.9. The fraction of sp³-hybridized carbons (Fsp3) is 1.00. The van der Waals surface area contributed by atoms with Gasteiger partial charge in [0.2, 0.25) is 0 Å². The van der Waals surface area contributed by atoms with Crippen LogP contribution in [-0.2, 0) is 9.47 Å². The van der Waals surface area contributed by atoms with Crippen molar-refractivity contribution >= 4 is 0 Å². The molecule has 11 heavy (non-hydrogen) atoms. The molecule has 0 spiro atoms. The molecule has 1 aliphatic heterocycles. The van der Waals surface area contributed by atoms with E-state index in [1.54, 1.807) is 0 Å². The Balaban J connectivity index is 2.53. The highest BCUT2D eigenvalue weighted by atomic mass is 16.7. The van der Waals surface area contributed by atoms with Crippen LogP contribution in [0.2, 0.25) is 0 Å². The highest BCUT2D eigenvalue weighted by Crippen LogP contribution is 2.20. The Morgan fingerprint density at radius 3 is 2.27 bits per heavy atom. The molecule has 1 saturated heterocycles. The van der Waals surface area contributed by atoms with Crippen LogP contribution in [-0.4, -0.2) is 53.6 Å². The predicted molar refractivity (Wildman–Crippen MR) is 34.8 cm³/mol. The second-order valence-electron chi connectivity index (χ2n) is 2.44. The fourth-order valence-electron chi connectivity index (χ4n) is 1.06. The van der Waals surface area contributed by atoms with Crippen LogP contribution in [0.1, 0.15) is 0 Å². The van der Waals surface area contributed by atoms with E-state index in [2.05, 4.69) is 4.74 Å². The molecule has 5 heteroatoms. The van der Waals surface area contributed by atoms with Crippen LogP contribution in [0.5, 0.6) is 0 Å². The van der Waals surface area contributed by atoms with Crippen molar-refractivity contribution < 1.29 is 24.8 Å². The van der Waals surface area contributed by atoms with Gasteiger partial charge in [0.1, 0.15) is 18.3 Å². The van der Waals surface area contributed by atoms with E-state index >= 15 is 0 Å². The molecule has 0 aromatic carbocycles. The van der Waals surface area contributed by atoms with Crippen LogP contribution in [0, 0.1) is 0 Å². The molecule has 3 N–H and O–H groups in total. The van der Waals surface area contributed by atoms with E-state index in [0.717, 1.165) is 0 Å². The summed E-state index contributed by atoms with van der Waals surface area (Å²) in [6.45, 7) is -0.321. The zero-order valence-electron chi connectivity index (χ0n) is 6.17. The standard InChI is InChI=1S/C6H12O5/c1-10-6-5(9)4(8)3(2-7)11-6/h3-9H,2H2,1H3/t3-,4?,5+,6+/m0/s1. The fourth-order valence-corrected chi connectivity index (χ4v) is 1.06. The van der Waals surface area contributed by atoms with Gasteiger partial charge in [-0.05, 0) is 0 Å². The minimum atomic E-state index is -1.07. The summed E-state index contributed by atoms with van der Waals surface area (Å²) >= 11 is 0. The number of methoxy groups -OCH3 is 1. The van der Waals surface area contributed by atoms with Crippen molar-refractivity contribution in [2.45, 2.75) is 24.6 Å². The highest BCUT2D eigenvalue weighted by molar-refractivity contribution is 4.85. The van der Waals surface area contributed by atoms with Gasteiger partial charge in [0.05, 0.1) is 6.61 Å². The molecular weight excluding hydrogens is 152 g/mol. The molecule has 5 nitrogen and oxygen atoms in total. The lowest BCUT2D eigenvalue weighted by Crippen LogP contribution is -2.34. The second-order valence-corrected chi connectivity index (χ2v) is 2.44. The predicted octanol–water partition coefficient (Wildman–Crippen LogP) is -1.93. The van der Waals surface area contributed by atoms with Crippen LogP contribution in [0.15, 0.2) is 0 Å². The van der Waals surface area contributed by atoms with Gasteiger partial charge in [0.15, 0.2) is 6.29 Å². The molecule has 66 valence electrons. The largest absolute Gasteiger partial charge is 0.394 e. The maximum absolute atomic E-state index is 9.15. The summed E-state index contributed by atoms with van der Waals surface area (Å²) in [5.74, 6) is 0. The molecule has 0 saturated carbocycles. The molecule has 0 aromatic heterocycles. The first-order valence-corrected chi connectivity index (χ1v) is 3.36. The van der Waals surface area contributed by atoms with Gasteiger partial charge in [-0.25, -0.2) is 0 Å². The molecule has 1 aliphatic rings. The first-order chi connectivity index (χ1) is 5.20. The van der Waals surface area contributed by atoms with Crippen molar-refractivity contribution in [2.24, 2.45) is 0 Å². The topological polar surface area (TPSA) is 79.2 Å². The van der Waals surface area contributed by atoms with E-state index in [4.69, 9.17) is 20.1 Å². The van der Waals surface area contributed by atoms with Gasteiger partial charge in [0.25, 0.3) is 0 Å². The van der Waals surface area contributed by atoms with Gasteiger partial charge in [-0.2, -0.15) is 0 Å². The lowest BCUT2D eigenvalue weighted by molar-refractivity contribution is -0.153. The molecule has 1 fully saturated rings. The first-order valence-electron chi connectivity index (χ1n) is 3.36. The van der Waals surface area contributed by atoms with Gasteiger partial charge in [-0.1, -0.05) is 0 Å². The van der Waals surface area contributed by atoms with Crippen LogP contribution >= 0.6 is 0 Å². The van der Waals surface area contributed by atoms with Crippen molar-refractivity contribution in [3.63, 3.8) is 0 Å². The lowest BCUT2D eigenvalue weighted by Gasteiger charge is -2.11. The Kier molecular flexibility index (Phi) is 2.80. The Bertz CT molecular complexity index is 110. The lowest BCUT2D eigenvalue weighted by atomic mass is 10.1. The number of hydrogen-bond donors (Lipinski definition) is 3. The summed E-state index contributed by atoms with van der Waals surface area (Å²) in [4.78, 5) is 0. The van der Waals surface area contributed by atoms with E-state index < -0.39 is 24.6 Å². The molecule has 1 rings (SSSR count). The van der Waals surface area contributed by atoms with E-state index in [1.165, 1.54) is 7.11 Å². The summed E-state index contributed by atoms with van der Waals surface area (Å²) < 4.78 is 9.59. The van der Waals surface area contributed by atoms with Crippen LogP contribution in [0.3, 0.4) is 0 Å². The van der Waals surface area contributed by atoms with Gasteiger partial charge in [-0.15, -0.1) is 0 Å². The summed E-state index contributed by atoms with van der Waals surface area (Å²) in [6.07, 6.45) is -3.71. The van der Waals surface area contributed by atoms with Crippen molar-refractivity contribution in [2.75, 3.05) is 13.7 Å². The number of ether oxygens (including phenoxy) is 2. The third-order valence-electron chi connectivity index (χ3n) is 1.73. The molecular formula is C6H12O5. The quantitative estimate of drug-likeness (QED) is 0.443. The van der Waals surface area contributed by atoms with Gasteiger partial charge >= 0.3 is 0 Å². The van der Waals surface area contributed by atoms with Gasteiger partial charge in [0, 0.05) is 7.11 Å². The molecule has 1 heterocycles. The summed E-state index contributed by atoms with van der Waals surface area (Å²) in [7, 11) is 1.36. The van der Waals surface area contributed by atoms with E-state index in [0.29, 0.717) is 0 Å². The van der Waals surface area contributed by atoms with Crippen molar-refractivity contribution in [3.8, 4) is 0 Å². The second kappa shape index (κ2) is 3.46. The number of aliphatic hydroxyl groups excluding tert-OH is 3. The monoisotopic (exact) mass is 164 g/mol. The van der Waals surface area contributed by atoms with E-state index in [-0.39, 0.29) is 6.61 Å². The van der Waals surface area contributed by atoms with Crippen LogP contribution < -0.4 is 0 Å². The summed E-state index contributed by atoms with van der Waals surface area (Å²) in [5.41, 5.74) is 0. The first kappa shape index (κ1) is 8.89. The molecule has 1 unspecified atom stereocenters. The molecule has 0 amide bonds. The van der Waals surface area contributed by atoms with Crippen LogP contribution in [0.4, 0.5) is 0 Å². The average Bonchev–Trinajstić information content (AvgIpc) is 2.30. The number of rotatable bonds is 2. The maximum atomic E-state index is 9.15. The van der Waals surface area contributed by atoms with E-state index in [9.17, 15) is 0 Å². The van der Waals surface area contributed by atoms with Crippen molar-refractivity contribution in [1.29, 1.82) is 0 Å². The van der Waals surface area contributed by atoms with E-state index in [1.807, 2.05) is 0 Å². The molecule has 0 radical (unpaired) electrons. The minimum absolute atomic E-state index is 0.321. The molecule has 0 aliphatic carbocycles. The average molecular weight is 164 g/mol. The van der Waals surface area contributed by atoms with Crippen molar-refractivity contribution in [1.82, 2.24) is 0 Å². The number of hydrogen-bond acceptors (Lipinski definition) is 5. The zero-order chi connectivity index (χ0) is 8.43. The Morgan fingerprint density at radius 1 is 1.36 bits per heavy atom. The summed E-state index contributed by atoms with van der Waals surface area (Å²) in [6, 6.07) is 0. The van der Waals surface area contributed by atoms with Crippen LogP contribution in [0.25, 0.3) is 0 Å². The zero-order valence-corrected chi connectivity index (χ0v) is 6.17. The third kappa shape index (κ3) is 1.52. The Morgan fingerprint density at radius 2 is 2.00 bits per heavy atom. The number of aliphatic hydroxyl groups is 3. The highest BCUT2D eigenvalue weighted by Gasteiger charge is 2.42. The van der Waals surface area contributed by atoms with Gasteiger partial charge in [-0.3, -0.25) is 0 Å². The molecule has 0 bridgehead atoms. The SMILES string of the molecule is CO[C@@H]1O[C@@H](CO)C(O)[C@H]1O. The maximum Gasteiger partial charge on any atom is 0.186 e. The Hall–Kier alpha value is -0.200. The minimum Gasteiger partial charge on any atom is -0.394 e. The smallest absolute Gasteiger partial charge is 0.186 e. The van der Waals surface area contributed by atoms with Crippen molar-refractivity contribution in [3.05, 3.63) is 0 Å². The Labute approximate surface area is 64.2 Å².